The van der Waals surface area contributed by atoms with Crippen molar-refractivity contribution in [2.45, 2.75) is 71.3 Å². The molecule has 1 aliphatic carbocycles. The van der Waals surface area contributed by atoms with Gasteiger partial charge < -0.3 is 10.2 Å². The van der Waals surface area contributed by atoms with Gasteiger partial charge in [0, 0.05) is 17.9 Å². The maximum Gasteiger partial charge on any atom is 0.162 e. The van der Waals surface area contributed by atoms with E-state index < -0.39 is 0 Å². The van der Waals surface area contributed by atoms with Gasteiger partial charge >= 0.3 is 0 Å². The van der Waals surface area contributed by atoms with Crippen LogP contribution >= 0.6 is 0 Å². The quantitative estimate of drug-likeness (QED) is 0.643. The third-order valence-corrected chi connectivity index (χ3v) is 4.34. The first-order valence-corrected chi connectivity index (χ1v) is 8.03. The highest BCUT2D eigenvalue weighted by Gasteiger charge is 2.38. The van der Waals surface area contributed by atoms with Crippen molar-refractivity contribution in [1.29, 1.82) is 0 Å². The molecule has 0 aliphatic heterocycles. The van der Waals surface area contributed by atoms with E-state index in [9.17, 15) is 0 Å². The Balaban J connectivity index is 2.48. The molecule has 0 atom stereocenters. The molecule has 1 saturated carbocycles. The first-order valence-electron chi connectivity index (χ1n) is 8.03. The number of nitrogens with zero attached hydrogens (tertiary/aromatic N) is 2. The molecule has 1 heterocycles. The Bertz CT molecular complexity index is 476. The molecule has 5 heteroatoms. The Morgan fingerprint density at radius 2 is 1.90 bits per heavy atom. The molecular formula is C16H28N4O. The van der Waals surface area contributed by atoms with Crippen LogP contribution in [0.3, 0.4) is 0 Å². The normalized spacial score (nSPS) is 18.0. The number of rotatable bonds is 5. The van der Waals surface area contributed by atoms with Crippen molar-refractivity contribution in [1.82, 2.24) is 9.97 Å². The van der Waals surface area contributed by atoms with Gasteiger partial charge in [0.2, 0.25) is 0 Å². The first kappa shape index (κ1) is 16.2. The van der Waals surface area contributed by atoms with Gasteiger partial charge in [0.25, 0.3) is 0 Å². The molecule has 5 nitrogen and oxygen atoms in total. The van der Waals surface area contributed by atoms with Crippen molar-refractivity contribution in [2.24, 2.45) is 5.84 Å². The molecule has 21 heavy (non-hydrogen) atoms. The second kappa shape index (κ2) is 6.71. The van der Waals surface area contributed by atoms with E-state index in [0.717, 1.165) is 35.7 Å². The zero-order valence-corrected chi connectivity index (χ0v) is 13.7. The molecule has 0 spiro atoms. The Labute approximate surface area is 127 Å². The molecule has 118 valence electrons. The van der Waals surface area contributed by atoms with Gasteiger partial charge in [0.05, 0.1) is 0 Å². The van der Waals surface area contributed by atoms with E-state index in [1.807, 2.05) is 13.8 Å². The molecule has 0 saturated heterocycles. The fourth-order valence-corrected chi connectivity index (χ4v) is 3.42. The molecule has 0 unspecified atom stereocenters. The van der Waals surface area contributed by atoms with Crippen LogP contribution in [-0.4, -0.2) is 16.6 Å². The van der Waals surface area contributed by atoms with Crippen molar-refractivity contribution in [3.05, 3.63) is 17.1 Å². The molecule has 0 amide bonds. The summed E-state index contributed by atoms with van der Waals surface area (Å²) in [6.45, 7) is 9.01. The van der Waals surface area contributed by atoms with Crippen LogP contribution in [0.5, 0.6) is 0 Å². The lowest BCUT2D eigenvalue weighted by Crippen LogP contribution is -2.35. The number of ether oxygens (including phenoxy) is 1. The topological polar surface area (TPSA) is 73.1 Å². The van der Waals surface area contributed by atoms with E-state index in [-0.39, 0.29) is 5.60 Å². The second-order valence-electron chi connectivity index (χ2n) is 6.18. The molecule has 1 aromatic heterocycles. The molecule has 0 radical (unpaired) electrons. The van der Waals surface area contributed by atoms with Gasteiger partial charge in [-0.25, -0.2) is 15.8 Å². The molecule has 0 aromatic carbocycles. The smallest absolute Gasteiger partial charge is 0.162 e. The van der Waals surface area contributed by atoms with E-state index in [4.69, 9.17) is 20.5 Å². The van der Waals surface area contributed by atoms with Crippen molar-refractivity contribution >= 4 is 5.82 Å². The number of anilines is 1. The van der Waals surface area contributed by atoms with E-state index in [2.05, 4.69) is 19.3 Å². The third-order valence-electron chi connectivity index (χ3n) is 4.34. The zero-order valence-electron chi connectivity index (χ0n) is 13.7. The molecule has 1 aliphatic rings. The van der Waals surface area contributed by atoms with Gasteiger partial charge in [0.1, 0.15) is 11.4 Å². The lowest BCUT2D eigenvalue weighted by molar-refractivity contribution is -0.0767. The number of aromatic nitrogens is 2. The van der Waals surface area contributed by atoms with Crippen LogP contribution < -0.4 is 11.3 Å². The fourth-order valence-electron chi connectivity index (χ4n) is 3.42. The Morgan fingerprint density at radius 3 is 2.43 bits per heavy atom. The van der Waals surface area contributed by atoms with Gasteiger partial charge in [-0.1, -0.05) is 33.1 Å². The number of aryl methyl sites for hydroxylation is 1. The summed E-state index contributed by atoms with van der Waals surface area (Å²) in [5, 5.41) is 0. The number of hydrazine groups is 1. The SMILES string of the molecule is CCOC1(c2nc(C)c(C(C)C)c(NN)n2)CCCCC1. The minimum Gasteiger partial charge on any atom is -0.367 e. The molecular weight excluding hydrogens is 264 g/mol. The van der Waals surface area contributed by atoms with Gasteiger partial charge in [-0.2, -0.15) is 0 Å². The van der Waals surface area contributed by atoms with Gasteiger partial charge in [0.15, 0.2) is 5.82 Å². The number of nitrogen functional groups attached to an aromatic ring is 1. The maximum absolute atomic E-state index is 6.12. The predicted molar refractivity (Wildman–Crippen MR) is 85.1 cm³/mol. The number of hydrogen-bond donors (Lipinski definition) is 2. The third kappa shape index (κ3) is 3.19. The lowest BCUT2D eigenvalue weighted by Gasteiger charge is -2.36. The molecule has 0 bridgehead atoms. The fraction of sp³-hybridized carbons (Fsp3) is 0.750. The summed E-state index contributed by atoms with van der Waals surface area (Å²) in [7, 11) is 0. The van der Waals surface area contributed by atoms with Gasteiger partial charge in [-0.3, -0.25) is 0 Å². The monoisotopic (exact) mass is 292 g/mol. The average molecular weight is 292 g/mol. The summed E-state index contributed by atoms with van der Waals surface area (Å²) in [4.78, 5) is 9.50. The van der Waals surface area contributed by atoms with Crippen molar-refractivity contribution in [3.8, 4) is 0 Å². The summed E-state index contributed by atoms with van der Waals surface area (Å²) in [6, 6.07) is 0. The van der Waals surface area contributed by atoms with E-state index in [1.165, 1.54) is 19.3 Å². The zero-order chi connectivity index (χ0) is 15.5. The van der Waals surface area contributed by atoms with Crippen LogP contribution in [-0.2, 0) is 10.3 Å². The van der Waals surface area contributed by atoms with Gasteiger partial charge in [-0.05, 0) is 32.6 Å². The lowest BCUT2D eigenvalue weighted by atomic mass is 9.83. The van der Waals surface area contributed by atoms with E-state index >= 15 is 0 Å². The van der Waals surface area contributed by atoms with Crippen molar-refractivity contribution in [2.75, 3.05) is 12.0 Å². The molecule has 1 fully saturated rings. The van der Waals surface area contributed by atoms with Crippen LogP contribution in [0.25, 0.3) is 0 Å². The highest BCUT2D eigenvalue weighted by Crippen LogP contribution is 2.40. The molecule has 2 rings (SSSR count). The van der Waals surface area contributed by atoms with Crippen molar-refractivity contribution in [3.63, 3.8) is 0 Å². The second-order valence-corrected chi connectivity index (χ2v) is 6.18. The Kier molecular flexibility index (Phi) is 5.17. The highest BCUT2D eigenvalue weighted by molar-refractivity contribution is 5.47. The van der Waals surface area contributed by atoms with Gasteiger partial charge in [-0.15, -0.1) is 0 Å². The number of hydrogen-bond acceptors (Lipinski definition) is 5. The van der Waals surface area contributed by atoms with Crippen LogP contribution in [0.2, 0.25) is 0 Å². The molecule has 3 N–H and O–H groups in total. The number of nitrogens with one attached hydrogen (secondary N) is 1. The summed E-state index contributed by atoms with van der Waals surface area (Å²) in [5.41, 5.74) is 4.50. The van der Waals surface area contributed by atoms with Crippen LogP contribution in [0, 0.1) is 6.92 Å². The van der Waals surface area contributed by atoms with Crippen LogP contribution in [0.1, 0.15) is 75.9 Å². The van der Waals surface area contributed by atoms with Crippen molar-refractivity contribution < 1.29 is 4.74 Å². The first-order chi connectivity index (χ1) is 10.0. The van der Waals surface area contributed by atoms with Crippen LogP contribution in [0.4, 0.5) is 5.82 Å². The number of nitrogens with two attached hydrogens (primary N) is 1. The summed E-state index contributed by atoms with van der Waals surface area (Å²) in [5.74, 6) is 7.55. The maximum atomic E-state index is 6.12. The predicted octanol–water partition coefficient (Wildman–Crippen LogP) is 3.39. The minimum atomic E-state index is -0.334. The Hall–Kier alpha value is -1.20. The van der Waals surface area contributed by atoms with Crippen LogP contribution in [0.15, 0.2) is 0 Å². The standard InChI is InChI=1S/C16H28N4O/c1-5-21-16(9-7-6-8-10-16)15-18-12(4)13(11(2)3)14(19-15)20-17/h11H,5-10,17H2,1-4H3,(H,18,19,20). The Morgan fingerprint density at radius 1 is 1.24 bits per heavy atom. The highest BCUT2D eigenvalue weighted by atomic mass is 16.5. The largest absolute Gasteiger partial charge is 0.367 e. The summed E-state index contributed by atoms with van der Waals surface area (Å²) in [6.07, 6.45) is 5.58. The summed E-state index contributed by atoms with van der Waals surface area (Å²) < 4.78 is 6.12. The minimum absolute atomic E-state index is 0.333. The van der Waals surface area contributed by atoms with E-state index in [1.54, 1.807) is 0 Å². The van der Waals surface area contributed by atoms with E-state index in [0.29, 0.717) is 12.5 Å². The molecule has 1 aromatic rings. The summed E-state index contributed by atoms with van der Waals surface area (Å²) >= 11 is 0. The average Bonchev–Trinajstić information content (AvgIpc) is 2.47.